The summed E-state index contributed by atoms with van der Waals surface area (Å²) in [5.41, 5.74) is 1.51. The third kappa shape index (κ3) is 2.45. The van der Waals surface area contributed by atoms with Gasteiger partial charge in [-0.1, -0.05) is 6.07 Å². The van der Waals surface area contributed by atoms with Crippen LogP contribution in [0.1, 0.15) is 11.4 Å². The second-order valence-corrected chi connectivity index (χ2v) is 3.99. The van der Waals surface area contributed by atoms with Crippen molar-refractivity contribution in [2.45, 2.75) is 13.5 Å². The number of nitro benzene ring substituents is 1. The van der Waals surface area contributed by atoms with Crippen molar-refractivity contribution < 1.29 is 4.92 Å². The van der Waals surface area contributed by atoms with E-state index in [4.69, 9.17) is 0 Å². The minimum atomic E-state index is -0.404. The van der Waals surface area contributed by atoms with Gasteiger partial charge < -0.3 is 9.88 Å². The largest absolute Gasteiger partial charge is 0.372 e. The Morgan fingerprint density at radius 1 is 1.50 bits per heavy atom. The van der Waals surface area contributed by atoms with E-state index in [1.807, 2.05) is 14.0 Å². The smallest absolute Gasteiger partial charge is 0.292 e. The summed E-state index contributed by atoms with van der Waals surface area (Å²) in [5.74, 6) is 0.714. The predicted molar refractivity (Wildman–Crippen MR) is 66.2 cm³/mol. The first-order valence-corrected chi connectivity index (χ1v) is 5.39. The summed E-state index contributed by atoms with van der Waals surface area (Å²) in [6.45, 7) is 2.28. The van der Waals surface area contributed by atoms with Crippen LogP contribution in [-0.2, 0) is 13.6 Å². The summed E-state index contributed by atoms with van der Waals surface area (Å²) < 4.78 is 1.76. The lowest BCUT2D eigenvalue weighted by atomic mass is 10.2. The summed E-state index contributed by atoms with van der Waals surface area (Å²) >= 11 is 0. The minimum absolute atomic E-state index is 0.0581. The number of rotatable bonds is 4. The number of hydrogen-bond acceptors (Lipinski definition) is 5. The van der Waals surface area contributed by atoms with Gasteiger partial charge in [0.05, 0.1) is 11.5 Å². The molecular weight excluding hydrogens is 234 g/mol. The number of anilines is 1. The van der Waals surface area contributed by atoms with Crippen molar-refractivity contribution in [1.29, 1.82) is 0 Å². The van der Waals surface area contributed by atoms with Gasteiger partial charge in [-0.2, -0.15) is 0 Å². The van der Waals surface area contributed by atoms with Crippen molar-refractivity contribution in [3.63, 3.8) is 0 Å². The van der Waals surface area contributed by atoms with Crippen molar-refractivity contribution in [3.8, 4) is 0 Å². The number of benzene rings is 1. The fraction of sp³-hybridized carbons (Fsp3) is 0.273. The van der Waals surface area contributed by atoms with Gasteiger partial charge in [0, 0.05) is 13.1 Å². The second-order valence-electron chi connectivity index (χ2n) is 3.99. The minimum Gasteiger partial charge on any atom is -0.372 e. The van der Waals surface area contributed by atoms with Crippen LogP contribution in [-0.4, -0.2) is 19.7 Å². The van der Waals surface area contributed by atoms with Gasteiger partial charge >= 0.3 is 0 Å². The topological polar surface area (TPSA) is 85.9 Å². The average molecular weight is 247 g/mol. The zero-order valence-electron chi connectivity index (χ0n) is 10.1. The van der Waals surface area contributed by atoms with Gasteiger partial charge in [0.1, 0.15) is 12.0 Å². The molecule has 0 spiro atoms. The molecule has 1 aromatic heterocycles. The quantitative estimate of drug-likeness (QED) is 0.655. The maximum Gasteiger partial charge on any atom is 0.292 e. The molecule has 0 saturated heterocycles. The van der Waals surface area contributed by atoms with Gasteiger partial charge in [-0.25, -0.2) is 0 Å². The van der Waals surface area contributed by atoms with Gasteiger partial charge in [-0.3, -0.25) is 10.1 Å². The van der Waals surface area contributed by atoms with Crippen LogP contribution >= 0.6 is 0 Å². The van der Waals surface area contributed by atoms with Crippen molar-refractivity contribution in [2.75, 3.05) is 5.32 Å². The molecule has 0 amide bonds. The van der Waals surface area contributed by atoms with Crippen LogP contribution in [0.3, 0.4) is 0 Å². The molecule has 0 aliphatic rings. The van der Waals surface area contributed by atoms with Crippen LogP contribution in [0.25, 0.3) is 0 Å². The van der Waals surface area contributed by atoms with E-state index in [0.717, 1.165) is 5.56 Å². The van der Waals surface area contributed by atoms with E-state index in [1.165, 1.54) is 6.07 Å². The molecule has 0 saturated carbocycles. The Hall–Kier alpha value is -2.44. The van der Waals surface area contributed by atoms with Crippen LogP contribution in [0, 0.1) is 17.0 Å². The first-order chi connectivity index (χ1) is 8.58. The van der Waals surface area contributed by atoms with E-state index in [0.29, 0.717) is 18.1 Å². The second kappa shape index (κ2) is 4.82. The summed E-state index contributed by atoms with van der Waals surface area (Å²) in [6.07, 6.45) is 1.58. The average Bonchev–Trinajstić information content (AvgIpc) is 2.72. The van der Waals surface area contributed by atoms with Crippen LogP contribution in [0.2, 0.25) is 0 Å². The lowest BCUT2D eigenvalue weighted by Crippen LogP contribution is -2.07. The lowest BCUT2D eigenvalue weighted by Gasteiger charge is -2.07. The van der Waals surface area contributed by atoms with E-state index in [1.54, 1.807) is 23.0 Å². The Balaban J connectivity index is 2.20. The van der Waals surface area contributed by atoms with Gasteiger partial charge in [0.15, 0.2) is 5.82 Å². The van der Waals surface area contributed by atoms with E-state index in [2.05, 4.69) is 15.5 Å². The molecule has 18 heavy (non-hydrogen) atoms. The molecule has 0 bridgehead atoms. The normalized spacial score (nSPS) is 10.3. The van der Waals surface area contributed by atoms with E-state index >= 15 is 0 Å². The fourth-order valence-electron chi connectivity index (χ4n) is 1.59. The molecule has 1 N–H and O–H groups in total. The standard InChI is InChI=1S/C11H13N5O2/c1-8-3-4-10(16(17)18)9(5-8)12-6-11-14-13-7-15(11)2/h3-5,7,12H,6H2,1-2H3. The Kier molecular flexibility index (Phi) is 3.22. The Morgan fingerprint density at radius 3 is 2.89 bits per heavy atom. The number of aryl methyl sites for hydroxylation is 2. The SMILES string of the molecule is Cc1ccc([N+](=O)[O-])c(NCc2nncn2C)c1. The maximum atomic E-state index is 10.9. The summed E-state index contributed by atoms with van der Waals surface area (Å²) in [5, 5.41) is 21.6. The van der Waals surface area contributed by atoms with Gasteiger partial charge in [0.2, 0.25) is 0 Å². The number of nitrogens with zero attached hydrogens (tertiary/aromatic N) is 4. The van der Waals surface area contributed by atoms with Crippen LogP contribution in [0.5, 0.6) is 0 Å². The van der Waals surface area contributed by atoms with Gasteiger partial charge in [-0.15, -0.1) is 10.2 Å². The molecule has 0 radical (unpaired) electrons. The molecule has 94 valence electrons. The molecule has 0 fully saturated rings. The highest BCUT2D eigenvalue weighted by Crippen LogP contribution is 2.25. The highest BCUT2D eigenvalue weighted by molar-refractivity contribution is 5.62. The predicted octanol–water partition coefficient (Wildman–Crippen LogP) is 1.64. The Morgan fingerprint density at radius 2 is 2.28 bits per heavy atom. The number of nitrogens with one attached hydrogen (secondary N) is 1. The zero-order valence-corrected chi connectivity index (χ0v) is 10.1. The molecule has 2 rings (SSSR count). The molecule has 0 unspecified atom stereocenters. The fourth-order valence-corrected chi connectivity index (χ4v) is 1.59. The molecule has 1 aromatic carbocycles. The molecule has 1 heterocycles. The Labute approximate surface area is 104 Å². The van der Waals surface area contributed by atoms with Crippen molar-refractivity contribution >= 4 is 11.4 Å². The van der Waals surface area contributed by atoms with E-state index in [9.17, 15) is 10.1 Å². The Bertz CT molecular complexity index is 579. The highest BCUT2D eigenvalue weighted by atomic mass is 16.6. The lowest BCUT2D eigenvalue weighted by molar-refractivity contribution is -0.384. The number of nitro groups is 1. The van der Waals surface area contributed by atoms with Crippen molar-refractivity contribution in [1.82, 2.24) is 14.8 Å². The number of aromatic nitrogens is 3. The molecule has 7 nitrogen and oxygen atoms in total. The summed E-state index contributed by atoms with van der Waals surface area (Å²) in [7, 11) is 1.82. The first kappa shape index (κ1) is 12.0. The molecule has 0 aliphatic carbocycles. The van der Waals surface area contributed by atoms with Crippen LogP contribution in [0.4, 0.5) is 11.4 Å². The molecule has 7 heteroatoms. The summed E-state index contributed by atoms with van der Waals surface area (Å²) in [4.78, 5) is 10.5. The van der Waals surface area contributed by atoms with Crippen LogP contribution in [0.15, 0.2) is 24.5 Å². The van der Waals surface area contributed by atoms with Gasteiger partial charge in [0.25, 0.3) is 5.69 Å². The molecular formula is C11H13N5O2. The highest BCUT2D eigenvalue weighted by Gasteiger charge is 2.13. The monoisotopic (exact) mass is 247 g/mol. The van der Waals surface area contributed by atoms with Crippen LogP contribution < -0.4 is 5.32 Å². The third-order valence-corrected chi connectivity index (χ3v) is 2.59. The van der Waals surface area contributed by atoms with E-state index < -0.39 is 4.92 Å². The number of hydrogen-bond donors (Lipinski definition) is 1. The van der Waals surface area contributed by atoms with Crippen molar-refractivity contribution in [2.24, 2.45) is 7.05 Å². The molecule has 0 aliphatic heterocycles. The summed E-state index contributed by atoms with van der Waals surface area (Å²) in [6, 6.07) is 4.95. The third-order valence-electron chi connectivity index (χ3n) is 2.59. The first-order valence-electron chi connectivity index (χ1n) is 5.39. The molecule has 0 atom stereocenters. The maximum absolute atomic E-state index is 10.9. The zero-order chi connectivity index (χ0) is 13.1. The van der Waals surface area contributed by atoms with Crippen molar-refractivity contribution in [3.05, 3.63) is 46.0 Å². The van der Waals surface area contributed by atoms with Gasteiger partial charge in [-0.05, 0) is 18.6 Å². The molecule has 2 aromatic rings. The van der Waals surface area contributed by atoms with E-state index in [-0.39, 0.29) is 5.69 Å².